The van der Waals surface area contributed by atoms with Crippen LogP contribution in [0, 0.1) is 20.4 Å². The van der Waals surface area contributed by atoms with Crippen LogP contribution in [0.15, 0.2) is 71.3 Å². The molecule has 3 nitrogen and oxygen atoms in total. The zero-order valence-electron chi connectivity index (χ0n) is 20.7. The average Bonchev–Trinajstić information content (AvgIpc) is 3.18. The number of fused-ring (bicyclic) bond motifs is 3. The SMILES string of the molecule is [2H]C(C)(C)c1c[n+](C)c(-c2c(C)ccc3c2oc2c(-c4ccccc4)c([N+]#[C-])ccc23)cc1C. The van der Waals surface area contributed by atoms with Crippen LogP contribution in [0.2, 0.25) is 0 Å². The predicted molar refractivity (Wildman–Crippen MR) is 136 cm³/mol. The van der Waals surface area contributed by atoms with E-state index in [2.05, 4.69) is 47.7 Å². The molecule has 0 aliphatic rings. The normalized spacial score (nSPS) is 12.2. The topological polar surface area (TPSA) is 21.4 Å². The lowest BCUT2D eigenvalue weighted by atomic mass is 9.95. The Kier molecular flexibility index (Phi) is 4.73. The number of aryl methyl sites for hydroxylation is 3. The van der Waals surface area contributed by atoms with E-state index in [0.29, 0.717) is 5.69 Å². The maximum atomic E-state index is 8.52. The number of aromatic nitrogens is 1. The Morgan fingerprint density at radius 2 is 1.58 bits per heavy atom. The highest BCUT2D eigenvalue weighted by atomic mass is 16.3. The molecule has 0 amide bonds. The second-order valence-electron chi connectivity index (χ2n) is 8.92. The van der Waals surface area contributed by atoms with E-state index in [1.54, 1.807) is 0 Å². The number of hydrogen-bond donors (Lipinski definition) is 0. The first kappa shape index (κ1) is 19.8. The van der Waals surface area contributed by atoms with Gasteiger partial charge >= 0.3 is 0 Å². The van der Waals surface area contributed by atoms with Crippen LogP contribution >= 0.6 is 0 Å². The maximum absolute atomic E-state index is 8.52. The van der Waals surface area contributed by atoms with E-state index in [0.717, 1.165) is 61.0 Å². The first-order valence-electron chi connectivity index (χ1n) is 11.6. The first-order valence-corrected chi connectivity index (χ1v) is 11.1. The van der Waals surface area contributed by atoms with E-state index in [1.807, 2.05) is 63.4 Å². The van der Waals surface area contributed by atoms with Crippen molar-refractivity contribution in [1.82, 2.24) is 0 Å². The van der Waals surface area contributed by atoms with Crippen LogP contribution in [0.1, 0.15) is 37.8 Å². The number of hydrogen-bond acceptors (Lipinski definition) is 1. The lowest BCUT2D eigenvalue weighted by Gasteiger charge is -2.11. The molecule has 0 aliphatic carbocycles. The van der Waals surface area contributed by atoms with Gasteiger partial charge in [0.25, 0.3) is 0 Å². The Morgan fingerprint density at radius 1 is 0.909 bits per heavy atom. The van der Waals surface area contributed by atoms with Crippen molar-refractivity contribution in [2.24, 2.45) is 7.05 Å². The third kappa shape index (κ3) is 3.31. The summed E-state index contributed by atoms with van der Waals surface area (Å²) in [5.74, 6) is -0.679. The summed E-state index contributed by atoms with van der Waals surface area (Å²) in [6.45, 7) is 15.7. The van der Waals surface area contributed by atoms with E-state index >= 15 is 0 Å². The zero-order valence-corrected chi connectivity index (χ0v) is 19.7. The molecule has 0 spiro atoms. The summed E-state index contributed by atoms with van der Waals surface area (Å²) in [6.07, 6.45) is 2.06. The van der Waals surface area contributed by atoms with Crippen molar-refractivity contribution >= 4 is 27.6 Å². The number of benzene rings is 3. The number of nitrogens with zero attached hydrogens (tertiary/aromatic N) is 2. The standard InChI is InChI=1S/C30H27N2O/c1-18(2)24-17-32(6)26(16-20(24)4)27-19(3)12-13-22-23-14-15-25(31-5)28(30(23)33-29(22)27)21-10-8-7-9-11-21/h7-18H,1-4,6H3/q+1/i18D. The van der Waals surface area contributed by atoms with Gasteiger partial charge in [0.1, 0.15) is 18.2 Å². The smallest absolute Gasteiger partial charge is 0.216 e. The molecule has 0 radical (unpaired) electrons. The number of furan rings is 1. The average molecular weight is 433 g/mol. The second kappa shape index (κ2) is 7.90. The zero-order chi connectivity index (χ0) is 24.2. The molecule has 0 unspecified atom stereocenters. The molecule has 5 aromatic rings. The summed E-state index contributed by atoms with van der Waals surface area (Å²) in [4.78, 5) is 3.79. The molecule has 5 rings (SSSR count). The summed E-state index contributed by atoms with van der Waals surface area (Å²) in [7, 11) is 2.03. The van der Waals surface area contributed by atoms with Gasteiger partial charge in [0.05, 0.1) is 12.1 Å². The van der Waals surface area contributed by atoms with Crippen molar-refractivity contribution in [2.75, 3.05) is 0 Å². The minimum absolute atomic E-state index is 0.583. The van der Waals surface area contributed by atoms with Gasteiger partial charge in [-0.2, -0.15) is 0 Å². The highest BCUT2D eigenvalue weighted by Gasteiger charge is 2.24. The van der Waals surface area contributed by atoms with Crippen molar-refractivity contribution in [3.8, 4) is 22.4 Å². The lowest BCUT2D eigenvalue weighted by molar-refractivity contribution is -0.660. The molecule has 2 aromatic heterocycles. The second-order valence-corrected chi connectivity index (χ2v) is 8.92. The molecule has 0 N–H and O–H groups in total. The maximum Gasteiger partial charge on any atom is 0.216 e. The monoisotopic (exact) mass is 432 g/mol. The molecular formula is C30H27N2O+. The van der Waals surface area contributed by atoms with Crippen LogP contribution in [0.5, 0.6) is 0 Å². The van der Waals surface area contributed by atoms with E-state index in [9.17, 15) is 0 Å². The Morgan fingerprint density at radius 3 is 2.24 bits per heavy atom. The third-order valence-corrected chi connectivity index (χ3v) is 6.45. The molecule has 33 heavy (non-hydrogen) atoms. The van der Waals surface area contributed by atoms with Crippen LogP contribution < -0.4 is 4.57 Å². The van der Waals surface area contributed by atoms with Crippen molar-refractivity contribution in [3.63, 3.8) is 0 Å². The Bertz CT molecular complexity index is 1620. The van der Waals surface area contributed by atoms with Crippen LogP contribution in [0.3, 0.4) is 0 Å². The van der Waals surface area contributed by atoms with E-state index in [-0.39, 0.29) is 0 Å². The molecule has 2 heterocycles. The molecule has 0 aliphatic heterocycles. The van der Waals surface area contributed by atoms with Crippen LogP contribution in [0.4, 0.5) is 5.69 Å². The molecule has 3 aromatic carbocycles. The third-order valence-electron chi connectivity index (χ3n) is 6.45. The summed E-state index contributed by atoms with van der Waals surface area (Å²) in [5.41, 5.74) is 9.23. The highest BCUT2D eigenvalue weighted by Crippen LogP contribution is 2.44. The Hall–Kier alpha value is -3.90. The summed E-state index contributed by atoms with van der Waals surface area (Å²) in [5, 5.41) is 2.04. The molecule has 0 fully saturated rings. The van der Waals surface area contributed by atoms with Crippen molar-refractivity contribution in [2.45, 2.75) is 33.6 Å². The molecule has 162 valence electrons. The minimum Gasteiger partial charge on any atom is -0.456 e. The summed E-state index contributed by atoms with van der Waals surface area (Å²) >= 11 is 0. The predicted octanol–water partition coefficient (Wildman–Crippen LogP) is 8.04. The van der Waals surface area contributed by atoms with Crippen LogP contribution in [-0.2, 0) is 7.05 Å². The van der Waals surface area contributed by atoms with Gasteiger partial charge in [0, 0.05) is 29.3 Å². The van der Waals surface area contributed by atoms with Crippen LogP contribution in [-0.4, -0.2) is 0 Å². The largest absolute Gasteiger partial charge is 0.456 e. The van der Waals surface area contributed by atoms with Crippen molar-refractivity contribution in [1.29, 1.82) is 0 Å². The fourth-order valence-corrected chi connectivity index (χ4v) is 4.81. The van der Waals surface area contributed by atoms with Gasteiger partial charge in [0.15, 0.2) is 11.9 Å². The van der Waals surface area contributed by atoms with Gasteiger partial charge in [-0.05, 0) is 36.4 Å². The molecule has 0 bridgehead atoms. The van der Waals surface area contributed by atoms with Crippen LogP contribution in [0.25, 0.3) is 49.2 Å². The number of pyridine rings is 1. The fraction of sp³-hybridized carbons (Fsp3) is 0.200. The molecule has 0 atom stereocenters. The van der Waals surface area contributed by atoms with Gasteiger partial charge < -0.3 is 4.42 Å². The van der Waals surface area contributed by atoms with Gasteiger partial charge in [0.2, 0.25) is 5.69 Å². The van der Waals surface area contributed by atoms with Crippen molar-refractivity contribution < 1.29 is 10.4 Å². The Labute approximate surface area is 196 Å². The number of rotatable bonds is 3. The molecule has 0 saturated heterocycles. The highest BCUT2D eigenvalue weighted by molar-refractivity contribution is 6.15. The van der Waals surface area contributed by atoms with Crippen molar-refractivity contribution in [3.05, 3.63) is 95.0 Å². The Balaban J connectivity index is 1.87. The minimum atomic E-state index is -0.679. The van der Waals surface area contributed by atoms with E-state index in [4.69, 9.17) is 12.4 Å². The van der Waals surface area contributed by atoms with Gasteiger partial charge in [-0.15, -0.1) is 0 Å². The summed E-state index contributed by atoms with van der Waals surface area (Å²) in [6, 6.07) is 20.3. The molecule has 3 heteroatoms. The first-order chi connectivity index (χ1) is 16.2. The summed E-state index contributed by atoms with van der Waals surface area (Å²) < 4.78 is 17.3. The van der Waals surface area contributed by atoms with E-state index < -0.39 is 5.89 Å². The quantitative estimate of drug-likeness (QED) is 0.209. The molecular weight excluding hydrogens is 404 g/mol. The van der Waals surface area contributed by atoms with Gasteiger partial charge in [-0.3, -0.25) is 0 Å². The molecule has 0 saturated carbocycles. The van der Waals surface area contributed by atoms with E-state index in [1.165, 1.54) is 0 Å². The van der Waals surface area contributed by atoms with Gasteiger partial charge in [-0.25, -0.2) is 9.41 Å². The fourth-order valence-electron chi connectivity index (χ4n) is 4.81. The van der Waals surface area contributed by atoms with Gasteiger partial charge in [-0.1, -0.05) is 68.4 Å². The lowest BCUT2D eigenvalue weighted by Crippen LogP contribution is -2.32.